The molecule has 3 heteroatoms. The smallest absolute Gasteiger partial charge is 0.246 e. The molecule has 1 heterocycles. The number of rotatable bonds is 3. The Labute approximate surface area is 115 Å². The third-order valence-corrected chi connectivity index (χ3v) is 3.70. The number of benzene rings is 1. The van der Waals surface area contributed by atoms with Crippen LogP contribution in [-0.4, -0.2) is 41.4 Å². The Kier molecular flexibility index (Phi) is 4.38. The lowest BCUT2D eigenvalue weighted by atomic mass is 10.1. The first-order valence-corrected chi connectivity index (χ1v) is 6.81. The van der Waals surface area contributed by atoms with E-state index in [0.717, 1.165) is 26.2 Å². The van der Waals surface area contributed by atoms with E-state index in [2.05, 4.69) is 49.6 Å². The van der Waals surface area contributed by atoms with Gasteiger partial charge in [0.05, 0.1) is 0 Å². The fourth-order valence-electron chi connectivity index (χ4n) is 2.57. The van der Waals surface area contributed by atoms with Crippen molar-refractivity contribution >= 4 is 5.91 Å². The van der Waals surface area contributed by atoms with E-state index in [1.165, 1.54) is 17.2 Å². The molecule has 0 unspecified atom stereocenters. The molecule has 0 bridgehead atoms. The average Bonchev–Trinajstić information content (AvgIpc) is 2.41. The molecule has 0 saturated carbocycles. The van der Waals surface area contributed by atoms with Gasteiger partial charge >= 0.3 is 0 Å². The topological polar surface area (TPSA) is 23.6 Å². The van der Waals surface area contributed by atoms with E-state index in [-0.39, 0.29) is 11.9 Å². The standard InChI is InChI=1S/C16H22N2O/c1-4-16(19)18-10-9-17(11-14(18)3)12-15-7-5-13(2)6-8-15/h4-8,14H,1,9-12H2,2-3H3/t14-/m1/s1. The van der Waals surface area contributed by atoms with Crippen LogP contribution in [-0.2, 0) is 11.3 Å². The largest absolute Gasteiger partial charge is 0.334 e. The van der Waals surface area contributed by atoms with E-state index in [1.54, 1.807) is 0 Å². The minimum absolute atomic E-state index is 0.0440. The van der Waals surface area contributed by atoms with Crippen LogP contribution >= 0.6 is 0 Å². The van der Waals surface area contributed by atoms with Crippen molar-refractivity contribution in [3.63, 3.8) is 0 Å². The van der Waals surface area contributed by atoms with Gasteiger partial charge in [0.1, 0.15) is 0 Å². The monoisotopic (exact) mass is 258 g/mol. The van der Waals surface area contributed by atoms with Crippen LogP contribution in [0.2, 0.25) is 0 Å². The van der Waals surface area contributed by atoms with Crippen molar-refractivity contribution in [2.75, 3.05) is 19.6 Å². The van der Waals surface area contributed by atoms with Gasteiger partial charge in [0.2, 0.25) is 5.91 Å². The number of hydrogen-bond donors (Lipinski definition) is 0. The molecule has 1 fully saturated rings. The lowest BCUT2D eigenvalue weighted by Crippen LogP contribution is -2.53. The van der Waals surface area contributed by atoms with Gasteiger partial charge in [0.15, 0.2) is 0 Å². The predicted octanol–water partition coefficient (Wildman–Crippen LogP) is 2.21. The van der Waals surface area contributed by atoms with Crippen molar-refractivity contribution in [2.45, 2.75) is 26.4 Å². The number of piperazine rings is 1. The molecule has 0 radical (unpaired) electrons. The zero-order chi connectivity index (χ0) is 13.8. The van der Waals surface area contributed by atoms with Crippen molar-refractivity contribution in [2.24, 2.45) is 0 Å². The van der Waals surface area contributed by atoms with E-state index < -0.39 is 0 Å². The first-order valence-electron chi connectivity index (χ1n) is 6.81. The molecule has 0 spiro atoms. The van der Waals surface area contributed by atoms with E-state index in [9.17, 15) is 4.79 Å². The van der Waals surface area contributed by atoms with Crippen LogP contribution < -0.4 is 0 Å². The van der Waals surface area contributed by atoms with Gasteiger partial charge in [0.25, 0.3) is 0 Å². The number of nitrogens with zero attached hydrogens (tertiary/aromatic N) is 2. The van der Waals surface area contributed by atoms with Crippen molar-refractivity contribution in [3.05, 3.63) is 48.0 Å². The first-order chi connectivity index (χ1) is 9.10. The molecule has 1 saturated heterocycles. The molecule has 1 aromatic rings. The summed E-state index contributed by atoms with van der Waals surface area (Å²) in [5.41, 5.74) is 2.62. The fraction of sp³-hybridized carbons (Fsp3) is 0.438. The molecule has 102 valence electrons. The summed E-state index contributed by atoms with van der Waals surface area (Å²) >= 11 is 0. The number of carbonyl (C=O) groups excluding carboxylic acids is 1. The molecule has 2 rings (SSSR count). The highest BCUT2D eigenvalue weighted by Crippen LogP contribution is 2.14. The molecule has 3 nitrogen and oxygen atoms in total. The Hall–Kier alpha value is -1.61. The van der Waals surface area contributed by atoms with Gasteiger partial charge in [-0.3, -0.25) is 9.69 Å². The van der Waals surface area contributed by atoms with Crippen LogP contribution in [0.5, 0.6) is 0 Å². The quantitative estimate of drug-likeness (QED) is 0.776. The normalized spacial score (nSPS) is 20.3. The second-order valence-electron chi connectivity index (χ2n) is 5.31. The van der Waals surface area contributed by atoms with Crippen LogP contribution in [0.4, 0.5) is 0 Å². The van der Waals surface area contributed by atoms with Gasteiger partial charge in [-0.2, -0.15) is 0 Å². The first kappa shape index (κ1) is 13.8. The third-order valence-electron chi connectivity index (χ3n) is 3.70. The Balaban J connectivity index is 1.93. The van der Waals surface area contributed by atoms with Crippen molar-refractivity contribution in [1.82, 2.24) is 9.80 Å². The maximum atomic E-state index is 11.7. The molecule has 1 atom stereocenters. The zero-order valence-electron chi connectivity index (χ0n) is 11.8. The van der Waals surface area contributed by atoms with Crippen LogP contribution in [0.3, 0.4) is 0 Å². The molecule has 0 aliphatic carbocycles. The second-order valence-corrected chi connectivity index (χ2v) is 5.31. The lowest BCUT2D eigenvalue weighted by molar-refractivity contribution is -0.130. The molecular formula is C16H22N2O. The molecule has 0 aromatic heterocycles. The Bertz CT molecular complexity index is 452. The van der Waals surface area contributed by atoms with E-state index >= 15 is 0 Å². The number of amides is 1. The molecular weight excluding hydrogens is 236 g/mol. The summed E-state index contributed by atoms with van der Waals surface area (Å²) < 4.78 is 0. The van der Waals surface area contributed by atoms with Gasteiger partial charge < -0.3 is 4.90 Å². The minimum atomic E-state index is 0.0440. The van der Waals surface area contributed by atoms with Crippen LogP contribution in [0, 0.1) is 6.92 Å². The molecule has 1 amide bonds. The highest BCUT2D eigenvalue weighted by molar-refractivity contribution is 5.87. The zero-order valence-corrected chi connectivity index (χ0v) is 11.8. The van der Waals surface area contributed by atoms with Gasteiger partial charge in [-0.15, -0.1) is 0 Å². The maximum absolute atomic E-state index is 11.7. The average molecular weight is 258 g/mol. The molecule has 1 aliphatic heterocycles. The summed E-state index contributed by atoms with van der Waals surface area (Å²) in [6.45, 7) is 11.4. The summed E-state index contributed by atoms with van der Waals surface area (Å²) in [5, 5.41) is 0. The number of carbonyl (C=O) groups is 1. The fourth-order valence-corrected chi connectivity index (χ4v) is 2.57. The van der Waals surface area contributed by atoms with E-state index in [0.29, 0.717) is 0 Å². The van der Waals surface area contributed by atoms with Crippen LogP contribution in [0.1, 0.15) is 18.1 Å². The number of hydrogen-bond acceptors (Lipinski definition) is 2. The summed E-state index contributed by atoms with van der Waals surface area (Å²) in [5.74, 6) is 0.0440. The minimum Gasteiger partial charge on any atom is -0.334 e. The van der Waals surface area contributed by atoms with Gasteiger partial charge in [-0.1, -0.05) is 36.4 Å². The second kappa shape index (κ2) is 6.02. The molecule has 19 heavy (non-hydrogen) atoms. The van der Waals surface area contributed by atoms with E-state index in [4.69, 9.17) is 0 Å². The summed E-state index contributed by atoms with van der Waals surface area (Å²) in [6.07, 6.45) is 1.41. The Morgan fingerprint density at radius 1 is 1.37 bits per heavy atom. The van der Waals surface area contributed by atoms with Crippen LogP contribution in [0.25, 0.3) is 0 Å². The lowest BCUT2D eigenvalue weighted by Gasteiger charge is -2.39. The SMILES string of the molecule is C=CC(=O)N1CCN(Cc2ccc(C)cc2)C[C@H]1C. The highest BCUT2D eigenvalue weighted by Gasteiger charge is 2.25. The third kappa shape index (κ3) is 3.44. The van der Waals surface area contributed by atoms with Crippen molar-refractivity contribution in [1.29, 1.82) is 0 Å². The Morgan fingerprint density at radius 3 is 2.63 bits per heavy atom. The van der Waals surface area contributed by atoms with Gasteiger partial charge in [-0.25, -0.2) is 0 Å². The molecule has 1 aromatic carbocycles. The van der Waals surface area contributed by atoms with E-state index in [1.807, 2.05) is 4.90 Å². The Morgan fingerprint density at radius 2 is 2.05 bits per heavy atom. The van der Waals surface area contributed by atoms with Crippen molar-refractivity contribution in [3.8, 4) is 0 Å². The van der Waals surface area contributed by atoms with Crippen molar-refractivity contribution < 1.29 is 4.79 Å². The van der Waals surface area contributed by atoms with Gasteiger partial charge in [0, 0.05) is 32.2 Å². The highest BCUT2D eigenvalue weighted by atomic mass is 16.2. The van der Waals surface area contributed by atoms with Crippen LogP contribution in [0.15, 0.2) is 36.9 Å². The predicted molar refractivity (Wildman–Crippen MR) is 77.8 cm³/mol. The summed E-state index contributed by atoms with van der Waals surface area (Å²) in [6, 6.07) is 8.92. The molecule has 1 aliphatic rings. The summed E-state index contributed by atoms with van der Waals surface area (Å²) in [7, 11) is 0. The number of aryl methyl sites for hydroxylation is 1. The van der Waals surface area contributed by atoms with Gasteiger partial charge in [-0.05, 0) is 25.5 Å². The molecule has 0 N–H and O–H groups in total. The summed E-state index contributed by atoms with van der Waals surface area (Å²) in [4.78, 5) is 16.0. The maximum Gasteiger partial charge on any atom is 0.246 e.